The minimum atomic E-state index is -3.72. The van der Waals surface area contributed by atoms with Gasteiger partial charge in [-0.2, -0.15) is 10.2 Å². The molecule has 0 atom stereocenters. The van der Waals surface area contributed by atoms with Crippen molar-refractivity contribution in [3.8, 4) is 0 Å². The summed E-state index contributed by atoms with van der Waals surface area (Å²) in [5.74, 6) is 0. The van der Waals surface area contributed by atoms with Crippen LogP contribution in [-0.4, -0.2) is 40.1 Å². The standard InChI is InChI=1S/C10H15N5O3S/c1-7-10(8(2)15(13-7)3-4-16)19(17,18)14-9-5-11-12-6-9/h5-6,14,16H,3-4H2,1-2H3,(H,11,12). The van der Waals surface area contributed by atoms with Crippen LogP contribution in [0, 0.1) is 13.8 Å². The highest BCUT2D eigenvalue weighted by molar-refractivity contribution is 7.92. The zero-order chi connectivity index (χ0) is 14.0. The number of rotatable bonds is 5. The van der Waals surface area contributed by atoms with Gasteiger partial charge in [0, 0.05) is 6.20 Å². The minimum Gasteiger partial charge on any atom is -0.394 e. The van der Waals surface area contributed by atoms with Gasteiger partial charge >= 0.3 is 0 Å². The molecule has 19 heavy (non-hydrogen) atoms. The quantitative estimate of drug-likeness (QED) is 0.716. The third-order valence-corrected chi connectivity index (χ3v) is 4.28. The molecule has 9 heteroatoms. The van der Waals surface area contributed by atoms with Gasteiger partial charge in [-0.25, -0.2) is 8.42 Å². The monoisotopic (exact) mass is 285 g/mol. The van der Waals surface area contributed by atoms with Crippen LogP contribution in [0.1, 0.15) is 11.4 Å². The SMILES string of the molecule is Cc1nn(CCO)c(C)c1S(=O)(=O)Nc1cn[nH]c1. The Balaban J connectivity index is 2.40. The number of aliphatic hydroxyl groups is 1. The van der Waals surface area contributed by atoms with Crippen LogP contribution in [-0.2, 0) is 16.6 Å². The second-order valence-corrected chi connectivity index (χ2v) is 5.66. The summed E-state index contributed by atoms with van der Waals surface area (Å²) in [6.45, 7) is 3.43. The second-order valence-electron chi connectivity index (χ2n) is 4.04. The first-order valence-corrected chi connectivity index (χ1v) is 7.10. The summed E-state index contributed by atoms with van der Waals surface area (Å²) in [4.78, 5) is 0.127. The fourth-order valence-electron chi connectivity index (χ4n) is 1.89. The highest BCUT2D eigenvalue weighted by atomic mass is 32.2. The number of anilines is 1. The number of aromatic nitrogens is 4. The van der Waals surface area contributed by atoms with E-state index in [1.54, 1.807) is 13.8 Å². The van der Waals surface area contributed by atoms with Crippen LogP contribution in [0.4, 0.5) is 5.69 Å². The van der Waals surface area contributed by atoms with Crippen molar-refractivity contribution < 1.29 is 13.5 Å². The molecule has 0 aliphatic carbocycles. The molecule has 0 aromatic carbocycles. The predicted molar refractivity (Wildman–Crippen MR) is 68.2 cm³/mol. The number of sulfonamides is 1. The van der Waals surface area contributed by atoms with Crippen molar-refractivity contribution in [1.29, 1.82) is 0 Å². The molecule has 0 unspecified atom stereocenters. The first-order chi connectivity index (χ1) is 8.95. The van der Waals surface area contributed by atoms with Gasteiger partial charge in [-0.05, 0) is 13.8 Å². The maximum atomic E-state index is 12.3. The molecule has 0 saturated carbocycles. The van der Waals surface area contributed by atoms with E-state index in [2.05, 4.69) is 20.0 Å². The summed E-state index contributed by atoms with van der Waals surface area (Å²) < 4.78 is 28.5. The molecular formula is C10H15N5O3S. The van der Waals surface area contributed by atoms with E-state index in [-0.39, 0.29) is 18.0 Å². The maximum Gasteiger partial charge on any atom is 0.265 e. The van der Waals surface area contributed by atoms with Crippen molar-refractivity contribution in [2.24, 2.45) is 0 Å². The molecule has 3 N–H and O–H groups in total. The Bertz CT molecular complexity index is 660. The molecule has 0 aliphatic heterocycles. The second kappa shape index (κ2) is 5.02. The van der Waals surface area contributed by atoms with Gasteiger partial charge < -0.3 is 5.11 Å². The lowest BCUT2D eigenvalue weighted by molar-refractivity contribution is 0.267. The molecule has 2 heterocycles. The van der Waals surface area contributed by atoms with Gasteiger partial charge in [-0.15, -0.1) is 0 Å². The molecule has 104 valence electrons. The van der Waals surface area contributed by atoms with Crippen molar-refractivity contribution in [3.63, 3.8) is 0 Å². The molecule has 0 aliphatic rings. The average molecular weight is 285 g/mol. The smallest absolute Gasteiger partial charge is 0.265 e. The summed E-state index contributed by atoms with van der Waals surface area (Å²) in [5.41, 5.74) is 1.23. The van der Waals surface area contributed by atoms with Gasteiger partial charge in [0.25, 0.3) is 10.0 Å². The summed E-state index contributed by atoms with van der Waals surface area (Å²) >= 11 is 0. The molecule has 0 radical (unpaired) electrons. The number of aromatic amines is 1. The number of aryl methyl sites for hydroxylation is 1. The fourth-order valence-corrected chi connectivity index (χ4v) is 3.34. The van der Waals surface area contributed by atoms with E-state index in [1.807, 2.05) is 0 Å². The third kappa shape index (κ3) is 2.61. The molecule has 2 rings (SSSR count). The lowest BCUT2D eigenvalue weighted by atomic mass is 10.4. The van der Waals surface area contributed by atoms with E-state index >= 15 is 0 Å². The van der Waals surface area contributed by atoms with E-state index in [1.165, 1.54) is 17.1 Å². The molecule has 0 amide bonds. The van der Waals surface area contributed by atoms with Crippen molar-refractivity contribution in [2.75, 3.05) is 11.3 Å². The average Bonchev–Trinajstić information content (AvgIpc) is 2.88. The van der Waals surface area contributed by atoms with Crippen molar-refractivity contribution in [3.05, 3.63) is 23.8 Å². The van der Waals surface area contributed by atoms with Crippen LogP contribution in [0.2, 0.25) is 0 Å². The van der Waals surface area contributed by atoms with Crippen molar-refractivity contribution in [1.82, 2.24) is 20.0 Å². The summed E-state index contributed by atoms with van der Waals surface area (Å²) in [5, 5.41) is 19.2. The largest absolute Gasteiger partial charge is 0.394 e. The van der Waals surface area contributed by atoms with Crippen LogP contribution < -0.4 is 4.72 Å². The topological polar surface area (TPSA) is 113 Å². The van der Waals surface area contributed by atoms with E-state index in [0.29, 0.717) is 17.1 Å². The predicted octanol–water partition coefficient (Wildman–Crippen LogP) is 0.0161. The summed E-state index contributed by atoms with van der Waals surface area (Å²) in [6.07, 6.45) is 2.82. The maximum absolute atomic E-state index is 12.3. The van der Waals surface area contributed by atoms with Gasteiger partial charge in [-0.3, -0.25) is 14.5 Å². The lowest BCUT2D eigenvalue weighted by Crippen LogP contribution is -2.15. The Morgan fingerprint density at radius 1 is 1.47 bits per heavy atom. The number of nitrogens with zero attached hydrogens (tertiary/aromatic N) is 3. The first-order valence-electron chi connectivity index (χ1n) is 5.62. The highest BCUT2D eigenvalue weighted by Crippen LogP contribution is 2.22. The molecule has 0 saturated heterocycles. The van der Waals surface area contributed by atoms with E-state index in [0.717, 1.165) is 0 Å². The van der Waals surface area contributed by atoms with Crippen LogP contribution in [0.15, 0.2) is 17.3 Å². The fraction of sp³-hybridized carbons (Fsp3) is 0.400. The van der Waals surface area contributed by atoms with Gasteiger partial charge in [0.15, 0.2) is 0 Å². The van der Waals surface area contributed by atoms with Crippen molar-refractivity contribution in [2.45, 2.75) is 25.3 Å². The van der Waals surface area contributed by atoms with Gasteiger partial charge in [0.2, 0.25) is 0 Å². The van der Waals surface area contributed by atoms with Crippen LogP contribution in [0.25, 0.3) is 0 Å². The highest BCUT2D eigenvalue weighted by Gasteiger charge is 2.24. The van der Waals surface area contributed by atoms with Crippen LogP contribution >= 0.6 is 0 Å². The van der Waals surface area contributed by atoms with Crippen LogP contribution in [0.5, 0.6) is 0 Å². The zero-order valence-corrected chi connectivity index (χ0v) is 11.4. The number of aliphatic hydroxyl groups excluding tert-OH is 1. The number of hydrogen-bond donors (Lipinski definition) is 3. The lowest BCUT2D eigenvalue weighted by Gasteiger charge is -2.06. The Morgan fingerprint density at radius 3 is 2.79 bits per heavy atom. The number of nitrogens with one attached hydrogen (secondary N) is 2. The molecular weight excluding hydrogens is 270 g/mol. The minimum absolute atomic E-state index is 0.101. The zero-order valence-electron chi connectivity index (χ0n) is 10.6. The molecule has 2 aromatic rings. The van der Waals surface area contributed by atoms with E-state index in [9.17, 15) is 8.42 Å². The molecule has 0 spiro atoms. The van der Waals surface area contributed by atoms with Crippen LogP contribution in [0.3, 0.4) is 0 Å². The molecule has 0 bridgehead atoms. The van der Waals surface area contributed by atoms with E-state index < -0.39 is 10.0 Å². The molecule has 8 nitrogen and oxygen atoms in total. The van der Waals surface area contributed by atoms with Gasteiger partial charge in [0.05, 0.1) is 36.4 Å². The first kappa shape index (κ1) is 13.6. The summed E-state index contributed by atoms with van der Waals surface area (Å²) in [7, 11) is -3.72. The molecule has 0 fully saturated rings. The number of H-pyrrole nitrogens is 1. The normalized spacial score (nSPS) is 11.7. The Kier molecular flexibility index (Phi) is 3.58. The van der Waals surface area contributed by atoms with Gasteiger partial charge in [-0.1, -0.05) is 0 Å². The Hall–Kier alpha value is -1.87. The Labute approximate surface area is 110 Å². The third-order valence-electron chi connectivity index (χ3n) is 2.65. The van der Waals surface area contributed by atoms with E-state index in [4.69, 9.17) is 5.11 Å². The number of hydrogen-bond acceptors (Lipinski definition) is 5. The van der Waals surface area contributed by atoms with Gasteiger partial charge in [0.1, 0.15) is 4.90 Å². The summed E-state index contributed by atoms with van der Waals surface area (Å²) in [6, 6.07) is 0. The molecule has 2 aromatic heterocycles. The Morgan fingerprint density at radius 2 is 2.21 bits per heavy atom. The van der Waals surface area contributed by atoms with Crippen molar-refractivity contribution >= 4 is 15.7 Å².